The second kappa shape index (κ2) is 8.81. The lowest BCUT2D eigenvalue weighted by atomic mass is 9.96. The molecule has 1 atom stereocenters. The van der Waals surface area contributed by atoms with Crippen LogP contribution in [0.5, 0.6) is 0 Å². The number of carbonyl (C=O) groups is 3. The Morgan fingerprint density at radius 3 is 2.62 bits per heavy atom. The fraction of sp³-hybridized carbons (Fsp3) is 0.207. The van der Waals surface area contributed by atoms with Gasteiger partial charge in [-0.3, -0.25) is 14.4 Å². The Balaban J connectivity index is 1.41. The smallest absolute Gasteiger partial charge is 0.257 e. The Morgan fingerprint density at radius 1 is 1.00 bits per heavy atom. The predicted octanol–water partition coefficient (Wildman–Crippen LogP) is 3.79. The molecule has 2 aliphatic rings. The Bertz CT molecular complexity index is 1570. The van der Waals surface area contributed by atoms with Crippen LogP contribution < -0.4 is 15.5 Å². The number of rotatable bonds is 4. The van der Waals surface area contributed by atoms with Gasteiger partial charge in [0.05, 0.1) is 16.9 Å². The summed E-state index contributed by atoms with van der Waals surface area (Å²) >= 11 is 0. The quantitative estimate of drug-likeness (QED) is 0.453. The predicted molar refractivity (Wildman–Crippen MR) is 143 cm³/mol. The largest absolute Gasteiger partial charge is 0.355 e. The monoisotopic (exact) mass is 493 g/mol. The lowest BCUT2D eigenvalue weighted by molar-refractivity contribution is -0.116. The molecule has 186 valence electrons. The van der Waals surface area contributed by atoms with Crippen LogP contribution in [-0.2, 0) is 17.8 Å². The first kappa shape index (κ1) is 22.8. The average Bonchev–Trinajstić information content (AvgIpc) is 3.24. The van der Waals surface area contributed by atoms with E-state index in [1.165, 1.54) is 5.56 Å². The molecular weight excluding hydrogens is 466 g/mol. The molecular formula is C29H27N5O3. The van der Waals surface area contributed by atoms with Crippen molar-refractivity contribution in [3.05, 3.63) is 95.2 Å². The summed E-state index contributed by atoms with van der Waals surface area (Å²) in [6, 6.07) is 22.6. The van der Waals surface area contributed by atoms with Gasteiger partial charge in [-0.05, 0) is 48.4 Å². The molecule has 37 heavy (non-hydrogen) atoms. The number of hydrogen-bond acceptors (Lipinski definition) is 4. The molecule has 1 aromatic heterocycles. The van der Waals surface area contributed by atoms with Gasteiger partial charge in [0.25, 0.3) is 11.8 Å². The van der Waals surface area contributed by atoms with Crippen LogP contribution in [0.25, 0.3) is 10.9 Å². The average molecular weight is 494 g/mol. The van der Waals surface area contributed by atoms with Crippen LogP contribution in [0, 0.1) is 0 Å². The minimum absolute atomic E-state index is 0.0108. The van der Waals surface area contributed by atoms with E-state index in [0.29, 0.717) is 23.4 Å². The number of nitrogens with zero attached hydrogens (tertiary/aromatic N) is 3. The maximum absolute atomic E-state index is 13.5. The molecule has 0 bridgehead atoms. The van der Waals surface area contributed by atoms with Gasteiger partial charge in [0.1, 0.15) is 12.7 Å². The number of aromatic nitrogens is 1. The van der Waals surface area contributed by atoms with E-state index >= 15 is 0 Å². The Labute approximate surface area is 214 Å². The topological polar surface area (TPSA) is 86.7 Å². The van der Waals surface area contributed by atoms with Crippen LogP contribution in [0.3, 0.4) is 0 Å². The number of nitrogens with one attached hydrogen (secondary N) is 2. The van der Waals surface area contributed by atoms with E-state index in [9.17, 15) is 14.4 Å². The molecule has 0 radical (unpaired) electrons. The number of hydrogen-bond donors (Lipinski definition) is 2. The van der Waals surface area contributed by atoms with Crippen LogP contribution in [0.15, 0.2) is 72.8 Å². The zero-order chi connectivity index (χ0) is 25.7. The van der Waals surface area contributed by atoms with Gasteiger partial charge in [-0.15, -0.1) is 0 Å². The van der Waals surface area contributed by atoms with E-state index in [0.717, 1.165) is 28.7 Å². The summed E-state index contributed by atoms with van der Waals surface area (Å²) in [6.45, 7) is 0.690. The van der Waals surface area contributed by atoms with Gasteiger partial charge >= 0.3 is 0 Å². The summed E-state index contributed by atoms with van der Waals surface area (Å²) in [5.74, 6) is -0.413. The first-order chi connectivity index (χ1) is 18.0. The Morgan fingerprint density at radius 2 is 1.78 bits per heavy atom. The van der Waals surface area contributed by atoms with Gasteiger partial charge < -0.3 is 25.0 Å². The molecule has 0 unspecified atom stereocenters. The van der Waals surface area contributed by atoms with Crippen molar-refractivity contribution in [1.29, 1.82) is 0 Å². The van der Waals surface area contributed by atoms with Crippen molar-refractivity contribution in [3.8, 4) is 0 Å². The highest BCUT2D eigenvalue weighted by atomic mass is 16.2. The van der Waals surface area contributed by atoms with Gasteiger partial charge in [-0.1, -0.05) is 36.4 Å². The van der Waals surface area contributed by atoms with Gasteiger partial charge in [0, 0.05) is 42.8 Å². The summed E-state index contributed by atoms with van der Waals surface area (Å²) < 4.78 is 2.04. The number of anilines is 2. The first-order valence-corrected chi connectivity index (χ1v) is 12.3. The third-order valence-corrected chi connectivity index (χ3v) is 7.34. The minimum Gasteiger partial charge on any atom is -0.355 e. The number of carbonyl (C=O) groups excluding carboxylic acids is 3. The van der Waals surface area contributed by atoms with E-state index in [4.69, 9.17) is 0 Å². The SMILES string of the molecule is CNC(=O)c1cccc(NC(=O)Cn2c3c(c4ccccc42)CCN2C(=O)c4ccccc4N(C)[C@@H]32)c1. The highest BCUT2D eigenvalue weighted by molar-refractivity contribution is 6.03. The van der Waals surface area contributed by atoms with Crippen molar-refractivity contribution < 1.29 is 14.4 Å². The molecule has 2 aliphatic heterocycles. The zero-order valence-electron chi connectivity index (χ0n) is 20.7. The summed E-state index contributed by atoms with van der Waals surface area (Å²) in [4.78, 5) is 42.9. The zero-order valence-corrected chi connectivity index (χ0v) is 20.7. The van der Waals surface area contributed by atoms with E-state index in [2.05, 4.69) is 21.6 Å². The lowest BCUT2D eigenvalue weighted by Gasteiger charge is -2.46. The molecule has 0 spiro atoms. The summed E-state index contributed by atoms with van der Waals surface area (Å²) in [5, 5.41) is 6.65. The highest BCUT2D eigenvalue weighted by Crippen LogP contribution is 2.44. The number of amides is 3. The normalized spacial score (nSPS) is 16.2. The fourth-order valence-corrected chi connectivity index (χ4v) is 5.71. The van der Waals surface area contributed by atoms with Crippen LogP contribution in [-0.4, -0.2) is 47.8 Å². The van der Waals surface area contributed by atoms with Crippen molar-refractivity contribution in [3.63, 3.8) is 0 Å². The maximum atomic E-state index is 13.5. The van der Waals surface area contributed by atoms with Crippen LogP contribution in [0.4, 0.5) is 11.4 Å². The van der Waals surface area contributed by atoms with Crippen LogP contribution in [0.2, 0.25) is 0 Å². The third kappa shape index (κ3) is 3.64. The highest BCUT2D eigenvalue weighted by Gasteiger charge is 2.42. The van der Waals surface area contributed by atoms with Gasteiger partial charge in [-0.2, -0.15) is 0 Å². The molecule has 0 saturated carbocycles. The summed E-state index contributed by atoms with van der Waals surface area (Å²) in [5.41, 5.74) is 5.70. The van der Waals surface area contributed by atoms with Crippen molar-refractivity contribution in [2.75, 3.05) is 30.9 Å². The number of para-hydroxylation sites is 2. The molecule has 2 N–H and O–H groups in total. The standard InChI is InChI=1S/C29H27N5O3/c1-30-27(36)18-8-7-9-19(16-18)31-25(35)17-34-24-13-6-3-10-20(24)21-14-15-33-28(26(21)34)32(2)23-12-5-4-11-22(23)29(33)37/h3-13,16,28H,14-15,17H2,1-2H3,(H,30,36)(H,31,35)/t28-/m1/s1. The van der Waals surface area contributed by atoms with Crippen LogP contribution in [0.1, 0.15) is 38.1 Å². The van der Waals surface area contributed by atoms with E-state index < -0.39 is 0 Å². The maximum Gasteiger partial charge on any atom is 0.257 e. The molecule has 3 aromatic carbocycles. The van der Waals surface area contributed by atoms with Gasteiger partial charge in [-0.25, -0.2) is 0 Å². The fourth-order valence-electron chi connectivity index (χ4n) is 5.71. The van der Waals surface area contributed by atoms with Gasteiger partial charge in [0.15, 0.2) is 0 Å². The number of fused-ring (bicyclic) bond motifs is 6. The van der Waals surface area contributed by atoms with Gasteiger partial charge in [0.2, 0.25) is 5.91 Å². The molecule has 3 amide bonds. The molecule has 0 aliphatic carbocycles. The van der Waals surface area contributed by atoms with Crippen molar-refractivity contribution in [1.82, 2.24) is 14.8 Å². The molecule has 6 rings (SSSR count). The van der Waals surface area contributed by atoms with E-state index in [1.54, 1.807) is 31.3 Å². The first-order valence-electron chi connectivity index (χ1n) is 12.3. The van der Waals surface area contributed by atoms with Crippen LogP contribution >= 0.6 is 0 Å². The molecule has 4 aromatic rings. The van der Waals surface area contributed by atoms with E-state index in [-0.39, 0.29) is 30.4 Å². The Hall–Kier alpha value is -4.59. The summed E-state index contributed by atoms with van der Waals surface area (Å²) in [7, 11) is 3.58. The second-order valence-electron chi connectivity index (χ2n) is 9.43. The molecule has 3 heterocycles. The molecule has 0 saturated heterocycles. The van der Waals surface area contributed by atoms with Crippen molar-refractivity contribution >= 4 is 40.0 Å². The minimum atomic E-state index is -0.317. The molecule has 8 heteroatoms. The molecule has 0 fully saturated rings. The third-order valence-electron chi connectivity index (χ3n) is 7.34. The molecule has 8 nitrogen and oxygen atoms in total. The second-order valence-corrected chi connectivity index (χ2v) is 9.43. The van der Waals surface area contributed by atoms with Crippen molar-refractivity contribution in [2.24, 2.45) is 0 Å². The van der Waals surface area contributed by atoms with Crippen molar-refractivity contribution in [2.45, 2.75) is 19.1 Å². The summed E-state index contributed by atoms with van der Waals surface area (Å²) in [6.07, 6.45) is 0.402. The van der Waals surface area contributed by atoms with E-state index in [1.807, 2.05) is 59.0 Å². The lowest BCUT2D eigenvalue weighted by Crippen LogP contribution is -2.51. The Kier molecular flexibility index (Phi) is 5.44. The number of benzene rings is 3.